The summed E-state index contributed by atoms with van der Waals surface area (Å²) < 4.78 is 27.2. The van der Waals surface area contributed by atoms with Gasteiger partial charge in [-0.25, -0.2) is 18.8 Å². The van der Waals surface area contributed by atoms with Crippen LogP contribution in [0.25, 0.3) is 5.57 Å². The Labute approximate surface area is 183 Å². The lowest BCUT2D eigenvalue weighted by Gasteiger charge is -2.37. The minimum absolute atomic E-state index is 0.163. The van der Waals surface area contributed by atoms with Crippen molar-refractivity contribution in [2.24, 2.45) is 0 Å². The van der Waals surface area contributed by atoms with Crippen molar-refractivity contribution >= 4 is 11.4 Å². The third-order valence-electron chi connectivity index (χ3n) is 6.34. The number of benzene rings is 2. The van der Waals surface area contributed by atoms with Crippen LogP contribution in [0.4, 0.5) is 8.78 Å². The van der Waals surface area contributed by atoms with Gasteiger partial charge in [0.1, 0.15) is 11.6 Å². The van der Waals surface area contributed by atoms with Gasteiger partial charge in [0, 0.05) is 26.1 Å². The standard InChI is InChI=1S/C26H30F2N2O/c1-2-6-25(31)24-17-21(18-30(24)29-15-4-3-5-16-29)26(19-7-11-22(27)12-8-19)20-9-13-23(28)14-10-20/h7-14,24H,2-6,15-18H2,1H3. The summed E-state index contributed by atoms with van der Waals surface area (Å²) in [6, 6.07) is 12.7. The molecule has 0 radical (unpaired) electrons. The van der Waals surface area contributed by atoms with Crippen molar-refractivity contribution in [1.29, 1.82) is 0 Å². The number of carbonyl (C=O) groups is 1. The Balaban J connectivity index is 1.77. The van der Waals surface area contributed by atoms with Gasteiger partial charge in [0.15, 0.2) is 5.78 Å². The molecule has 0 N–H and O–H groups in total. The molecule has 31 heavy (non-hydrogen) atoms. The Morgan fingerprint density at radius 2 is 1.45 bits per heavy atom. The zero-order valence-corrected chi connectivity index (χ0v) is 18.1. The Morgan fingerprint density at radius 1 is 0.903 bits per heavy atom. The molecule has 5 heteroatoms. The second-order valence-electron chi connectivity index (χ2n) is 8.54. The van der Waals surface area contributed by atoms with Crippen LogP contribution in [-0.4, -0.2) is 41.5 Å². The first-order valence-electron chi connectivity index (χ1n) is 11.3. The highest BCUT2D eigenvalue weighted by Gasteiger charge is 2.38. The fraction of sp³-hybridized carbons (Fsp3) is 0.423. The number of hydrogen-bond acceptors (Lipinski definition) is 3. The summed E-state index contributed by atoms with van der Waals surface area (Å²) in [6.07, 6.45) is 5.59. The van der Waals surface area contributed by atoms with E-state index in [0.717, 1.165) is 54.6 Å². The van der Waals surface area contributed by atoms with Crippen LogP contribution in [0.5, 0.6) is 0 Å². The topological polar surface area (TPSA) is 23.6 Å². The lowest BCUT2D eigenvalue weighted by Crippen LogP contribution is -2.50. The Bertz CT molecular complexity index is 883. The molecule has 0 bridgehead atoms. The summed E-state index contributed by atoms with van der Waals surface area (Å²) in [4.78, 5) is 13.0. The molecular formula is C26H30F2N2O. The molecule has 164 valence electrons. The van der Waals surface area contributed by atoms with Gasteiger partial charge in [0.2, 0.25) is 0 Å². The van der Waals surface area contributed by atoms with Crippen LogP contribution in [0.3, 0.4) is 0 Å². The van der Waals surface area contributed by atoms with E-state index in [-0.39, 0.29) is 23.5 Å². The van der Waals surface area contributed by atoms with Crippen LogP contribution in [0.15, 0.2) is 54.1 Å². The Hall–Kier alpha value is -2.37. The second kappa shape index (κ2) is 9.84. The number of rotatable bonds is 6. The third-order valence-corrected chi connectivity index (χ3v) is 6.34. The Morgan fingerprint density at radius 3 is 1.97 bits per heavy atom. The monoisotopic (exact) mass is 424 g/mol. The fourth-order valence-corrected chi connectivity index (χ4v) is 4.82. The highest BCUT2D eigenvalue weighted by atomic mass is 19.1. The molecule has 0 amide bonds. The SMILES string of the molecule is CCCC(=O)C1CC(=C(c2ccc(F)cc2)c2ccc(F)cc2)CN1N1CCCCC1. The van der Waals surface area contributed by atoms with E-state index in [2.05, 4.69) is 10.0 Å². The molecule has 2 heterocycles. The number of hydrazine groups is 1. The summed E-state index contributed by atoms with van der Waals surface area (Å²) in [6.45, 7) is 4.67. The maximum Gasteiger partial charge on any atom is 0.151 e. The lowest BCUT2D eigenvalue weighted by atomic mass is 9.91. The molecule has 3 nitrogen and oxygen atoms in total. The number of ketones is 1. The van der Waals surface area contributed by atoms with Gasteiger partial charge in [0.05, 0.1) is 6.04 Å². The zero-order chi connectivity index (χ0) is 21.8. The average Bonchev–Trinajstić information content (AvgIpc) is 3.22. The van der Waals surface area contributed by atoms with Crippen LogP contribution >= 0.6 is 0 Å². The van der Waals surface area contributed by atoms with E-state index < -0.39 is 0 Å². The maximum absolute atomic E-state index is 13.6. The normalized spacial score (nSPS) is 20.2. The number of piperidine rings is 1. The van der Waals surface area contributed by atoms with Crippen molar-refractivity contribution in [1.82, 2.24) is 10.0 Å². The Kier molecular flexibility index (Phi) is 6.93. The van der Waals surface area contributed by atoms with Crippen molar-refractivity contribution in [3.63, 3.8) is 0 Å². The summed E-state index contributed by atoms with van der Waals surface area (Å²) in [5, 5.41) is 4.61. The smallest absolute Gasteiger partial charge is 0.151 e. The van der Waals surface area contributed by atoms with Crippen molar-refractivity contribution in [3.05, 3.63) is 76.9 Å². The summed E-state index contributed by atoms with van der Waals surface area (Å²) in [5.41, 5.74) is 3.92. The average molecular weight is 425 g/mol. The van der Waals surface area contributed by atoms with E-state index in [0.29, 0.717) is 19.4 Å². The van der Waals surface area contributed by atoms with Crippen LogP contribution < -0.4 is 0 Å². The van der Waals surface area contributed by atoms with Crippen molar-refractivity contribution in [2.45, 2.75) is 51.5 Å². The fourth-order valence-electron chi connectivity index (χ4n) is 4.82. The van der Waals surface area contributed by atoms with E-state index in [9.17, 15) is 13.6 Å². The highest BCUT2D eigenvalue weighted by molar-refractivity contribution is 5.88. The lowest BCUT2D eigenvalue weighted by molar-refractivity contribution is -0.132. The molecule has 0 saturated carbocycles. The van der Waals surface area contributed by atoms with Crippen LogP contribution in [0, 0.1) is 11.6 Å². The number of halogens is 2. The van der Waals surface area contributed by atoms with Gasteiger partial charge in [-0.15, -0.1) is 0 Å². The van der Waals surface area contributed by atoms with Gasteiger partial charge in [0.25, 0.3) is 0 Å². The van der Waals surface area contributed by atoms with E-state index in [1.807, 2.05) is 6.92 Å². The molecule has 0 aromatic heterocycles. The quantitative estimate of drug-likeness (QED) is 0.602. The van der Waals surface area contributed by atoms with Gasteiger partial charge < -0.3 is 0 Å². The van der Waals surface area contributed by atoms with Crippen molar-refractivity contribution in [3.8, 4) is 0 Å². The molecule has 2 aromatic carbocycles. The summed E-state index contributed by atoms with van der Waals surface area (Å²) >= 11 is 0. The summed E-state index contributed by atoms with van der Waals surface area (Å²) in [7, 11) is 0. The summed E-state index contributed by atoms with van der Waals surface area (Å²) in [5.74, 6) is -0.297. The number of nitrogens with zero attached hydrogens (tertiary/aromatic N) is 2. The van der Waals surface area contributed by atoms with Crippen molar-refractivity contribution < 1.29 is 13.6 Å². The molecule has 4 rings (SSSR count). The number of Topliss-reactive ketones (excluding diaryl/α,β-unsaturated/α-hetero) is 1. The van der Waals surface area contributed by atoms with Crippen LogP contribution in [-0.2, 0) is 4.79 Å². The molecule has 2 aliphatic heterocycles. The number of carbonyl (C=O) groups excluding carboxylic acids is 1. The van der Waals surface area contributed by atoms with Crippen LogP contribution in [0.2, 0.25) is 0 Å². The van der Waals surface area contributed by atoms with Gasteiger partial charge in [-0.05, 0) is 72.2 Å². The molecule has 2 aromatic rings. The van der Waals surface area contributed by atoms with Crippen LogP contribution in [0.1, 0.15) is 56.6 Å². The molecule has 1 atom stereocenters. The van der Waals surface area contributed by atoms with E-state index in [1.54, 1.807) is 24.3 Å². The van der Waals surface area contributed by atoms with Gasteiger partial charge in [-0.2, -0.15) is 0 Å². The largest absolute Gasteiger partial charge is 0.298 e. The first-order chi connectivity index (χ1) is 15.1. The van der Waals surface area contributed by atoms with Gasteiger partial charge >= 0.3 is 0 Å². The molecular weight excluding hydrogens is 394 g/mol. The zero-order valence-electron chi connectivity index (χ0n) is 18.1. The minimum Gasteiger partial charge on any atom is -0.298 e. The minimum atomic E-state index is -0.287. The highest BCUT2D eigenvalue weighted by Crippen LogP contribution is 2.36. The predicted octanol–water partition coefficient (Wildman–Crippen LogP) is 5.61. The van der Waals surface area contributed by atoms with E-state index >= 15 is 0 Å². The van der Waals surface area contributed by atoms with E-state index in [4.69, 9.17) is 0 Å². The van der Waals surface area contributed by atoms with Gasteiger partial charge in [-0.3, -0.25) is 4.79 Å². The number of hydrogen-bond donors (Lipinski definition) is 0. The van der Waals surface area contributed by atoms with Crippen molar-refractivity contribution in [2.75, 3.05) is 19.6 Å². The molecule has 0 aliphatic carbocycles. The van der Waals surface area contributed by atoms with E-state index in [1.165, 1.54) is 30.7 Å². The first-order valence-corrected chi connectivity index (χ1v) is 11.3. The molecule has 2 saturated heterocycles. The molecule has 2 fully saturated rings. The second-order valence-corrected chi connectivity index (χ2v) is 8.54. The molecule has 1 unspecified atom stereocenters. The third kappa shape index (κ3) is 4.94. The van der Waals surface area contributed by atoms with Gasteiger partial charge in [-0.1, -0.05) is 37.6 Å². The predicted molar refractivity (Wildman–Crippen MR) is 119 cm³/mol. The first kappa shape index (κ1) is 21.8. The molecule has 2 aliphatic rings. The molecule has 0 spiro atoms. The maximum atomic E-state index is 13.6.